The van der Waals surface area contributed by atoms with E-state index >= 15 is 0 Å². The highest BCUT2D eigenvalue weighted by molar-refractivity contribution is 5.67. The quantitative estimate of drug-likeness (QED) is 0.651. The second-order valence-electron chi connectivity index (χ2n) is 9.51. The normalized spacial score (nSPS) is 17.7. The lowest BCUT2D eigenvalue weighted by Crippen LogP contribution is -2.31. The Morgan fingerprint density at radius 1 is 1.13 bits per heavy atom. The zero-order valence-electron chi connectivity index (χ0n) is 19.6. The molecule has 0 aromatic carbocycles. The number of aryl methyl sites for hydroxylation is 1. The van der Waals surface area contributed by atoms with Crippen molar-refractivity contribution in [2.75, 3.05) is 19.8 Å². The zero-order chi connectivity index (χ0) is 22.2. The molecule has 1 aliphatic carbocycles. The molecular weight excluding hydrogens is 384 g/mol. The van der Waals surface area contributed by atoms with Gasteiger partial charge in [0.1, 0.15) is 6.10 Å². The number of ether oxygens (including phenoxy) is 3. The maximum atomic E-state index is 11.7. The molecule has 2 rings (SSSR count). The third-order valence-electron chi connectivity index (χ3n) is 5.19. The third kappa shape index (κ3) is 8.60. The van der Waals surface area contributed by atoms with E-state index < -0.39 is 0 Å². The summed E-state index contributed by atoms with van der Waals surface area (Å²) in [6.45, 7) is 14.8. The van der Waals surface area contributed by atoms with Gasteiger partial charge >= 0.3 is 6.09 Å². The number of carbonyl (C=O) groups excluding carboxylic acids is 1. The molecule has 8 heteroatoms. The van der Waals surface area contributed by atoms with Crippen molar-refractivity contribution in [1.82, 2.24) is 20.3 Å². The molecular formula is C22H40N4O4. The molecule has 1 atom stereocenters. The first-order valence-corrected chi connectivity index (χ1v) is 11.2. The highest BCUT2D eigenvalue weighted by Gasteiger charge is 2.23. The van der Waals surface area contributed by atoms with Crippen LogP contribution in [0.5, 0.6) is 0 Å². The second-order valence-corrected chi connectivity index (χ2v) is 9.51. The van der Waals surface area contributed by atoms with E-state index in [0.29, 0.717) is 26.3 Å². The van der Waals surface area contributed by atoms with E-state index in [1.54, 1.807) is 0 Å². The Morgan fingerprint density at radius 2 is 1.90 bits per heavy atom. The van der Waals surface area contributed by atoms with E-state index in [1.165, 1.54) is 5.69 Å². The fraction of sp³-hybridized carbons (Fsp3) is 0.864. The molecule has 1 N–H and O–H groups in total. The summed E-state index contributed by atoms with van der Waals surface area (Å²) in [6, 6.07) is 0. The van der Waals surface area contributed by atoms with Gasteiger partial charge in [0.05, 0.1) is 35.7 Å². The number of amides is 1. The number of nitrogens with zero attached hydrogens (tertiary/aromatic N) is 3. The van der Waals surface area contributed by atoms with Gasteiger partial charge in [-0.2, -0.15) is 0 Å². The largest absolute Gasteiger partial charge is 0.446 e. The van der Waals surface area contributed by atoms with Crippen LogP contribution in [0.4, 0.5) is 4.79 Å². The Labute approximate surface area is 181 Å². The number of alkyl carbamates (subject to hydrolysis) is 1. The summed E-state index contributed by atoms with van der Waals surface area (Å²) in [5.74, 6) is 0. The molecule has 0 fully saturated rings. The van der Waals surface area contributed by atoms with Crippen molar-refractivity contribution in [2.45, 2.75) is 104 Å². The van der Waals surface area contributed by atoms with Gasteiger partial charge in [-0.25, -0.2) is 9.48 Å². The summed E-state index contributed by atoms with van der Waals surface area (Å²) < 4.78 is 19.4. The predicted octanol–water partition coefficient (Wildman–Crippen LogP) is 3.66. The first-order valence-electron chi connectivity index (χ1n) is 11.2. The Kier molecular flexibility index (Phi) is 9.09. The third-order valence-corrected chi connectivity index (χ3v) is 5.19. The predicted molar refractivity (Wildman–Crippen MR) is 116 cm³/mol. The minimum Gasteiger partial charge on any atom is -0.446 e. The minimum absolute atomic E-state index is 0.0608. The summed E-state index contributed by atoms with van der Waals surface area (Å²) in [4.78, 5) is 11.7. The van der Waals surface area contributed by atoms with Crippen LogP contribution in [0, 0.1) is 0 Å². The van der Waals surface area contributed by atoms with E-state index in [1.807, 2.05) is 11.6 Å². The molecule has 0 saturated carbocycles. The highest BCUT2D eigenvalue weighted by Crippen LogP contribution is 2.21. The number of nitrogens with one attached hydrogen (secondary N) is 1. The lowest BCUT2D eigenvalue weighted by molar-refractivity contribution is -0.0687. The van der Waals surface area contributed by atoms with E-state index in [9.17, 15) is 4.79 Å². The molecule has 8 nitrogen and oxygen atoms in total. The average molecular weight is 425 g/mol. The standard InChI is InChI=1S/C22H40N4O4/c1-7-23-20(27)30-17-9-8-10-19-18(12-11-17)24-25-26(19)14-16-29-22(5,6)13-15-28-21(2,3)4/h17H,7-16H2,1-6H3,(H,23,27). The van der Waals surface area contributed by atoms with Crippen LogP contribution in [0.15, 0.2) is 0 Å². The van der Waals surface area contributed by atoms with E-state index in [2.05, 4.69) is 50.2 Å². The molecule has 1 amide bonds. The van der Waals surface area contributed by atoms with Crippen molar-refractivity contribution in [3.05, 3.63) is 11.4 Å². The maximum Gasteiger partial charge on any atom is 0.407 e. The SMILES string of the molecule is CCNC(=O)OC1CCCc2c(nnn2CCOC(C)(C)CCOC(C)(C)C)CC1. The average Bonchev–Trinajstić information content (AvgIpc) is 2.97. The first kappa shape index (κ1) is 24.6. The fourth-order valence-corrected chi connectivity index (χ4v) is 3.49. The van der Waals surface area contributed by atoms with Crippen molar-refractivity contribution in [1.29, 1.82) is 0 Å². The summed E-state index contributed by atoms with van der Waals surface area (Å²) in [7, 11) is 0. The van der Waals surface area contributed by atoms with Crippen LogP contribution >= 0.6 is 0 Å². The van der Waals surface area contributed by atoms with Crippen molar-refractivity contribution >= 4 is 6.09 Å². The van der Waals surface area contributed by atoms with Crippen LogP contribution in [0.3, 0.4) is 0 Å². The van der Waals surface area contributed by atoms with Crippen LogP contribution in [0.25, 0.3) is 0 Å². The van der Waals surface area contributed by atoms with Gasteiger partial charge < -0.3 is 19.5 Å². The van der Waals surface area contributed by atoms with Gasteiger partial charge in [0.15, 0.2) is 0 Å². The Balaban J connectivity index is 1.81. The molecule has 0 aliphatic heterocycles. The van der Waals surface area contributed by atoms with Gasteiger partial charge in [0.25, 0.3) is 0 Å². The van der Waals surface area contributed by atoms with Gasteiger partial charge in [-0.3, -0.25) is 0 Å². The molecule has 0 saturated heterocycles. The van der Waals surface area contributed by atoms with Crippen LogP contribution < -0.4 is 5.32 Å². The lowest BCUT2D eigenvalue weighted by atomic mass is 9.99. The summed E-state index contributed by atoms with van der Waals surface area (Å²) in [5.41, 5.74) is 1.82. The number of carbonyl (C=O) groups is 1. The fourth-order valence-electron chi connectivity index (χ4n) is 3.49. The van der Waals surface area contributed by atoms with Gasteiger partial charge in [-0.15, -0.1) is 5.10 Å². The van der Waals surface area contributed by atoms with E-state index in [-0.39, 0.29) is 23.4 Å². The smallest absolute Gasteiger partial charge is 0.407 e. The minimum atomic E-state index is -0.334. The molecule has 0 radical (unpaired) electrons. The summed E-state index contributed by atoms with van der Waals surface area (Å²) in [6.07, 6.45) is 4.69. The molecule has 1 heterocycles. The van der Waals surface area contributed by atoms with Gasteiger partial charge in [-0.1, -0.05) is 5.21 Å². The Bertz CT molecular complexity index is 667. The second kappa shape index (κ2) is 11.1. The van der Waals surface area contributed by atoms with E-state index in [4.69, 9.17) is 14.2 Å². The van der Waals surface area contributed by atoms with Crippen LogP contribution in [-0.4, -0.2) is 58.2 Å². The monoisotopic (exact) mass is 424 g/mol. The number of aromatic nitrogens is 3. The first-order chi connectivity index (χ1) is 14.1. The molecule has 1 aromatic rings. The molecule has 1 unspecified atom stereocenters. The summed E-state index contributed by atoms with van der Waals surface area (Å²) in [5, 5.41) is 11.4. The van der Waals surface area contributed by atoms with Gasteiger partial charge in [0.2, 0.25) is 0 Å². The van der Waals surface area contributed by atoms with Gasteiger partial charge in [-0.05, 0) is 80.1 Å². The molecule has 172 valence electrons. The number of fused-ring (bicyclic) bond motifs is 1. The van der Waals surface area contributed by atoms with Crippen LogP contribution in [0.2, 0.25) is 0 Å². The Hall–Kier alpha value is -1.67. The topological polar surface area (TPSA) is 87.5 Å². The molecule has 30 heavy (non-hydrogen) atoms. The van der Waals surface area contributed by atoms with Gasteiger partial charge in [0, 0.05) is 13.2 Å². The molecule has 0 bridgehead atoms. The molecule has 1 aliphatic rings. The van der Waals surface area contributed by atoms with Crippen molar-refractivity contribution in [2.24, 2.45) is 0 Å². The van der Waals surface area contributed by atoms with Crippen molar-refractivity contribution in [3.63, 3.8) is 0 Å². The van der Waals surface area contributed by atoms with Crippen LogP contribution in [-0.2, 0) is 33.6 Å². The molecule has 0 spiro atoms. The number of rotatable bonds is 9. The number of hydrogen-bond donors (Lipinski definition) is 1. The van der Waals surface area contributed by atoms with Crippen molar-refractivity contribution in [3.8, 4) is 0 Å². The Morgan fingerprint density at radius 3 is 2.60 bits per heavy atom. The maximum absolute atomic E-state index is 11.7. The highest BCUT2D eigenvalue weighted by atomic mass is 16.6. The lowest BCUT2D eigenvalue weighted by Gasteiger charge is -2.28. The van der Waals surface area contributed by atoms with Crippen molar-refractivity contribution < 1.29 is 19.0 Å². The number of hydrogen-bond acceptors (Lipinski definition) is 6. The molecule has 1 aromatic heterocycles. The van der Waals surface area contributed by atoms with E-state index in [0.717, 1.165) is 44.2 Å². The summed E-state index contributed by atoms with van der Waals surface area (Å²) >= 11 is 0. The zero-order valence-corrected chi connectivity index (χ0v) is 19.6. The van der Waals surface area contributed by atoms with Crippen LogP contribution in [0.1, 0.15) is 78.6 Å².